The summed E-state index contributed by atoms with van der Waals surface area (Å²) >= 11 is 0. The van der Waals surface area contributed by atoms with Crippen molar-refractivity contribution in [2.45, 2.75) is 25.0 Å². The summed E-state index contributed by atoms with van der Waals surface area (Å²) in [6.07, 6.45) is 1.02. The quantitative estimate of drug-likeness (QED) is 0.894. The van der Waals surface area contributed by atoms with E-state index in [1.165, 1.54) is 16.7 Å². The van der Waals surface area contributed by atoms with Crippen LogP contribution in [0, 0.1) is 5.82 Å². The molecule has 9 heteroatoms. The highest BCUT2D eigenvalue weighted by Gasteiger charge is 2.24. The first kappa shape index (κ1) is 13.6. The van der Waals surface area contributed by atoms with E-state index in [1.54, 1.807) is 13.8 Å². The predicted octanol–water partition coefficient (Wildman–Crippen LogP) is 0.707. The first-order chi connectivity index (χ1) is 8.80. The standard InChI is InChI=1S/C10H12FN5O2S/c1-6(2)16-9(8-4-3-7(11)5-13-8)14-15-10(16)19(12,17)18/h3-6H,1-2H3,(H2,12,17,18). The van der Waals surface area contributed by atoms with Gasteiger partial charge in [-0.15, -0.1) is 10.2 Å². The van der Waals surface area contributed by atoms with Crippen LogP contribution in [-0.2, 0) is 10.0 Å². The monoisotopic (exact) mass is 285 g/mol. The van der Waals surface area contributed by atoms with Crippen LogP contribution >= 0.6 is 0 Å². The molecule has 2 aromatic rings. The van der Waals surface area contributed by atoms with Gasteiger partial charge in [0, 0.05) is 6.04 Å². The Hall–Kier alpha value is -1.87. The van der Waals surface area contributed by atoms with Gasteiger partial charge in [-0.05, 0) is 26.0 Å². The molecule has 2 N–H and O–H groups in total. The molecule has 19 heavy (non-hydrogen) atoms. The molecule has 0 aromatic carbocycles. The Morgan fingerprint density at radius 1 is 1.32 bits per heavy atom. The molecule has 0 bridgehead atoms. The number of hydrogen-bond donors (Lipinski definition) is 1. The molecule has 0 radical (unpaired) electrons. The lowest BCUT2D eigenvalue weighted by molar-refractivity contribution is 0.524. The number of hydrogen-bond acceptors (Lipinski definition) is 5. The Bertz CT molecular complexity index is 693. The van der Waals surface area contributed by atoms with Crippen LogP contribution in [0.3, 0.4) is 0 Å². The van der Waals surface area contributed by atoms with Crippen LogP contribution in [0.5, 0.6) is 0 Å². The lowest BCUT2D eigenvalue weighted by Gasteiger charge is -2.12. The van der Waals surface area contributed by atoms with Crippen molar-refractivity contribution in [3.8, 4) is 11.5 Å². The maximum absolute atomic E-state index is 12.8. The van der Waals surface area contributed by atoms with E-state index in [0.717, 1.165) is 6.20 Å². The average molecular weight is 285 g/mol. The molecule has 0 atom stereocenters. The van der Waals surface area contributed by atoms with Crippen LogP contribution in [0.25, 0.3) is 11.5 Å². The number of aromatic nitrogens is 4. The number of primary sulfonamides is 1. The largest absolute Gasteiger partial charge is 0.293 e. The smallest absolute Gasteiger partial charge is 0.273 e. The molecule has 0 aliphatic rings. The second-order valence-electron chi connectivity index (χ2n) is 4.18. The van der Waals surface area contributed by atoms with Crippen LogP contribution in [0.1, 0.15) is 19.9 Å². The molecule has 2 heterocycles. The normalized spacial score (nSPS) is 12.1. The third kappa shape index (κ3) is 2.61. The zero-order chi connectivity index (χ0) is 14.2. The summed E-state index contributed by atoms with van der Waals surface area (Å²) in [6, 6.07) is 2.36. The van der Waals surface area contributed by atoms with Gasteiger partial charge in [0.25, 0.3) is 15.2 Å². The van der Waals surface area contributed by atoms with Crippen molar-refractivity contribution in [1.82, 2.24) is 19.7 Å². The summed E-state index contributed by atoms with van der Waals surface area (Å²) in [5.41, 5.74) is 0.317. The fraction of sp³-hybridized carbons (Fsp3) is 0.300. The first-order valence-corrected chi connectivity index (χ1v) is 6.95. The highest BCUT2D eigenvalue weighted by atomic mass is 32.2. The molecule has 102 valence electrons. The van der Waals surface area contributed by atoms with Gasteiger partial charge >= 0.3 is 0 Å². The van der Waals surface area contributed by atoms with Crippen molar-refractivity contribution < 1.29 is 12.8 Å². The molecular formula is C10H12FN5O2S. The van der Waals surface area contributed by atoms with Gasteiger partial charge in [0.1, 0.15) is 11.5 Å². The Balaban J connectivity index is 2.65. The Morgan fingerprint density at radius 2 is 2.00 bits per heavy atom. The summed E-state index contributed by atoms with van der Waals surface area (Å²) < 4.78 is 37.0. The second-order valence-corrected chi connectivity index (χ2v) is 5.63. The van der Waals surface area contributed by atoms with Gasteiger partial charge in [0.15, 0.2) is 5.82 Å². The molecule has 2 rings (SSSR count). The van der Waals surface area contributed by atoms with Gasteiger partial charge in [-0.2, -0.15) is 0 Å². The summed E-state index contributed by atoms with van der Waals surface area (Å²) in [6.45, 7) is 3.51. The van der Waals surface area contributed by atoms with Gasteiger partial charge < -0.3 is 0 Å². The van der Waals surface area contributed by atoms with Gasteiger partial charge in [0.2, 0.25) is 0 Å². The predicted molar refractivity (Wildman–Crippen MR) is 65.0 cm³/mol. The van der Waals surface area contributed by atoms with E-state index in [0.29, 0.717) is 5.69 Å². The van der Waals surface area contributed by atoms with Crippen molar-refractivity contribution in [1.29, 1.82) is 0 Å². The molecule has 0 spiro atoms. The number of nitrogens with two attached hydrogens (primary N) is 1. The van der Waals surface area contributed by atoms with Crippen LogP contribution in [0.4, 0.5) is 4.39 Å². The Morgan fingerprint density at radius 3 is 2.47 bits per heavy atom. The minimum Gasteiger partial charge on any atom is -0.293 e. The summed E-state index contributed by atoms with van der Waals surface area (Å²) in [5, 5.41) is 12.1. The molecule has 0 aliphatic heterocycles. The molecule has 7 nitrogen and oxygen atoms in total. The van der Waals surface area contributed by atoms with E-state index >= 15 is 0 Å². The molecule has 0 aliphatic carbocycles. The fourth-order valence-corrected chi connectivity index (χ4v) is 2.35. The average Bonchev–Trinajstić information content (AvgIpc) is 2.74. The number of halogens is 1. The van der Waals surface area contributed by atoms with E-state index in [1.807, 2.05) is 0 Å². The van der Waals surface area contributed by atoms with Crippen LogP contribution < -0.4 is 5.14 Å². The Kier molecular flexibility index (Phi) is 3.33. The van der Waals surface area contributed by atoms with Crippen molar-refractivity contribution in [3.05, 3.63) is 24.1 Å². The summed E-state index contributed by atoms with van der Waals surface area (Å²) in [7, 11) is -3.99. The Labute approximate surface area is 109 Å². The molecule has 2 aromatic heterocycles. The summed E-state index contributed by atoms with van der Waals surface area (Å²) in [5.74, 6) is -0.273. The zero-order valence-corrected chi connectivity index (χ0v) is 11.1. The van der Waals surface area contributed by atoms with Crippen LogP contribution in [0.15, 0.2) is 23.5 Å². The van der Waals surface area contributed by atoms with E-state index in [4.69, 9.17) is 5.14 Å². The number of pyridine rings is 1. The van der Waals surface area contributed by atoms with Crippen molar-refractivity contribution in [2.24, 2.45) is 5.14 Å². The maximum atomic E-state index is 12.8. The highest BCUT2D eigenvalue weighted by Crippen LogP contribution is 2.22. The first-order valence-electron chi connectivity index (χ1n) is 5.40. The molecule has 0 unspecified atom stereocenters. The van der Waals surface area contributed by atoms with Crippen molar-refractivity contribution in [3.63, 3.8) is 0 Å². The lowest BCUT2D eigenvalue weighted by Crippen LogP contribution is -2.20. The number of sulfonamides is 1. The number of rotatable bonds is 3. The minimum atomic E-state index is -3.99. The second kappa shape index (κ2) is 4.67. The van der Waals surface area contributed by atoms with E-state index in [2.05, 4.69) is 15.2 Å². The molecule has 0 amide bonds. The zero-order valence-electron chi connectivity index (χ0n) is 10.3. The molecule has 0 fully saturated rings. The highest BCUT2D eigenvalue weighted by molar-refractivity contribution is 7.89. The molecular weight excluding hydrogens is 273 g/mol. The lowest BCUT2D eigenvalue weighted by atomic mass is 10.3. The third-order valence-corrected chi connectivity index (χ3v) is 3.18. The third-order valence-electron chi connectivity index (χ3n) is 2.39. The number of nitrogens with zero attached hydrogens (tertiary/aromatic N) is 4. The maximum Gasteiger partial charge on any atom is 0.273 e. The van der Waals surface area contributed by atoms with Crippen LogP contribution in [0.2, 0.25) is 0 Å². The van der Waals surface area contributed by atoms with Gasteiger partial charge in [-0.3, -0.25) is 4.57 Å². The van der Waals surface area contributed by atoms with E-state index < -0.39 is 15.8 Å². The topological polar surface area (TPSA) is 104 Å². The van der Waals surface area contributed by atoms with E-state index in [-0.39, 0.29) is 17.0 Å². The van der Waals surface area contributed by atoms with Gasteiger partial charge in [-0.1, -0.05) is 0 Å². The van der Waals surface area contributed by atoms with Gasteiger partial charge in [0.05, 0.1) is 6.20 Å². The fourth-order valence-electron chi connectivity index (χ4n) is 1.62. The van der Waals surface area contributed by atoms with Gasteiger partial charge in [-0.25, -0.2) is 22.9 Å². The molecule has 0 saturated heterocycles. The van der Waals surface area contributed by atoms with E-state index in [9.17, 15) is 12.8 Å². The van der Waals surface area contributed by atoms with Crippen LogP contribution in [-0.4, -0.2) is 28.2 Å². The minimum absolute atomic E-state index is 0.221. The molecule has 0 saturated carbocycles. The van der Waals surface area contributed by atoms with Crippen molar-refractivity contribution in [2.75, 3.05) is 0 Å². The van der Waals surface area contributed by atoms with Crippen molar-refractivity contribution >= 4 is 10.0 Å². The summed E-state index contributed by atoms with van der Waals surface area (Å²) in [4.78, 5) is 3.85. The SMILES string of the molecule is CC(C)n1c(-c2ccc(F)cn2)nnc1S(N)(=O)=O.